The lowest BCUT2D eigenvalue weighted by molar-refractivity contribution is -0.143. The Morgan fingerprint density at radius 1 is 1.32 bits per heavy atom. The number of carbonyl (C=O) groups excluding carboxylic acids is 3. The normalized spacial score (nSPS) is 14.9. The summed E-state index contributed by atoms with van der Waals surface area (Å²) >= 11 is 0. The second-order valence-electron chi connectivity index (χ2n) is 6.56. The van der Waals surface area contributed by atoms with Gasteiger partial charge in [0.25, 0.3) is 5.91 Å². The highest BCUT2D eigenvalue weighted by Gasteiger charge is 2.34. The summed E-state index contributed by atoms with van der Waals surface area (Å²) in [6.07, 6.45) is -0.622. The number of amides is 2. The van der Waals surface area contributed by atoms with Gasteiger partial charge in [-0.1, -0.05) is 0 Å². The van der Waals surface area contributed by atoms with Crippen molar-refractivity contribution < 1.29 is 28.6 Å². The van der Waals surface area contributed by atoms with Crippen molar-refractivity contribution >= 4 is 29.3 Å². The molecule has 1 N–H and O–H groups in total. The summed E-state index contributed by atoms with van der Waals surface area (Å²) in [7, 11) is 1.26. The van der Waals surface area contributed by atoms with Crippen molar-refractivity contribution in [2.24, 2.45) is 0 Å². The van der Waals surface area contributed by atoms with E-state index in [0.29, 0.717) is 17.1 Å². The monoisotopic (exact) mass is 350 g/mol. The van der Waals surface area contributed by atoms with Crippen molar-refractivity contribution in [2.45, 2.75) is 39.3 Å². The molecule has 0 bridgehead atoms. The maximum absolute atomic E-state index is 12.2. The Balaban J connectivity index is 2.29. The molecule has 0 aromatic heterocycles. The van der Waals surface area contributed by atoms with Crippen LogP contribution in [0, 0.1) is 0 Å². The zero-order valence-corrected chi connectivity index (χ0v) is 14.9. The van der Waals surface area contributed by atoms with E-state index in [-0.39, 0.29) is 12.5 Å². The Kier molecular flexibility index (Phi) is 5.20. The van der Waals surface area contributed by atoms with E-state index in [9.17, 15) is 14.4 Å². The molecule has 2 rings (SSSR count). The second kappa shape index (κ2) is 7.00. The van der Waals surface area contributed by atoms with Crippen LogP contribution in [0.3, 0.4) is 0 Å². The molecule has 0 saturated heterocycles. The standard InChI is InChI=1S/C17H22N2O6/c1-10(15(21)23-5)19-12-8-11(18-16(22)25-17(2,3)4)6-7-13(12)24-9-14(19)20/h6-8,10H,9H2,1-5H3,(H,18,22). The minimum absolute atomic E-state index is 0.173. The van der Waals surface area contributed by atoms with Crippen LogP contribution >= 0.6 is 0 Å². The number of benzene rings is 1. The maximum Gasteiger partial charge on any atom is 0.412 e. The van der Waals surface area contributed by atoms with Crippen LogP contribution in [0.15, 0.2) is 18.2 Å². The Hall–Kier alpha value is -2.77. The van der Waals surface area contributed by atoms with Gasteiger partial charge in [-0.3, -0.25) is 15.0 Å². The number of rotatable bonds is 3. The number of esters is 1. The van der Waals surface area contributed by atoms with Gasteiger partial charge in [-0.25, -0.2) is 9.59 Å². The van der Waals surface area contributed by atoms with Gasteiger partial charge in [0.1, 0.15) is 17.4 Å². The average Bonchev–Trinajstić information content (AvgIpc) is 2.51. The predicted octanol–water partition coefficient (Wildman–Crippen LogP) is 2.32. The number of fused-ring (bicyclic) bond motifs is 1. The SMILES string of the molecule is COC(=O)C(C)N1C(=O)COc2ccc(NC(=O)OC(C)(C)C)cc21. The number of anilines is 2. The van der Waals surface area contributed by atoms with Crippen LogP contribution in [0.5, 0.6) is 5.75 Å². The molecule has 1 atom stereocenters. The van der Waals surface area contributed by atoms with Gasteiger partial charge >= 0.3 is 12.1 Å². The fourth-order valence-electron chi connectivity index (χ4n) is 2.37. The third-order valence-corrected chi connectivity index (χ3v) is 3.41. The molecule has 2 amide bonds. The van der Waals surface area contributed by atoms with Crippen LogP contribution in [-0.2, 0) is 19.1 Å². The number of nitrogens with zero attached hydrogens (tertiary/aromatic N) is 1. The zero-order chi connectivity index (χ0) is 18.8. The molecule has 25 heavy (non-hydrogen) atoms. The lowest BCUT2D eigenvalue weighted by atomic mass is 10.1. The summed E-state index contributed by atoms with van der Waals surface area (Å²) in [5.41, 5.74) is 0.152. The third kappa shape index (κ3) is 4.40. The van der Waals surface area contributed by atoms with Gasteiger partial charge in [0, 0.05) is 5.69 Å². The lowest BCUT2D eigenvalue weighted by Crippen LogP contribution is -2.48. The number of hydrogen-bond donors (Lipinski definition) is 1. The largest absolute Gasteiger partial charge is 0.482 e. The minimum atomic E-state index is -0.822. The number of hydrogen-bond acceptors (Lipinski definition) is 6. The Morgan fingerprint density at radius 2 is 2.00 bits per heavy atom. The first-order valence-electron chi connectivity index (χ1n) is 7.79. The van der Waals surface area contributed by atoms with Gasteiger partial charge in [-0.05, 0) is 45.9 Å². The van der Waals surface area contributed by atoms with Crippen LogP contribution in [0.2, 0.25) is 0 Å². The summed E-state index contributed by atoms with van der Waals surface area (Å²) in [5.74, 6) is -0.489. The first-order valence-corrected chi connectivity index (χ1v) is 7.79. The number of methoxy groups -OCH3 is 1. The van der Waals surface area contributed by atoms with E-state index in [1.54, 1.807) is 45.9 Å². The molecular weight excluding hydrogens is 328 g/mol. The minimum Gasteiger partial charge on any atom is -0.482 e. The maximum atomic E-state index is 12.2. The van der Waals surface area contributed by atoms with Gasteiger partial charge in [0.2, 0.25) is 0 Å². The summed E-state index contributed by atoms with van der Waals surface area (Å²) < 4.78 is 15.3. The summed E-state index contributed by atoms with van der Waals surface area (Å²) in [6.45, 7) is 6.66. The molecular formula is C17H22N2O6. The third-order valence-electron chi connectivity index (χ3n) is 3.41. The average molecular weight is 350 g/mol. The molecule has 0 saturated carbocycles. The number of carbonyl (C=O) groups is 3. The van der Waals surface area contributed by atoms with Gasteiger partial charge in [0.15, 0.2) is 6.61 Å². The van der Waals surface area contributed by atoms with Crippen molar-refractivity contribution in [3.8, 4) is 5.75 Å². The Labute approximate surface area is 146 Å². The number of nitrogens with one attached hydrogen (secondary N) is 1. The summed E-state index contributed by atoms with van der Waals surface area (Å²) in [5, 5.41) is 2.60. The van der Waals surface area contributed by atoms with Crippen molar-refractivity contribution in [2.75, 3.05) is 23.9 Å². The highest BCUT2D eigenvalue weighted by molar-refractivity contribution is 6.03. The van der Waals surface area contributed by atoms with Crippen LogP contribution < -0.4 is 15.0 Å². The molecule has 136 valence electrons. The van der Waals surface area contributed by atoms with E-state index in [1.807, 2.05) is 0 Å². The molecule has 8 nitrogen and oxygen atoms in total. The highest BCUT2D eigenvalue weighted by Crippen LogP contribution is 2.36. The molecule has 1 unspecified atom stereocenters. The molecule has 1 aliphatic heterocycles. The molecule has 0 aliphatic carbocycles. The highest BCUT2D eigenvalue weighted by atomic mass is 16.6. The van der Waals surface area contributed by atoms with Crippen LogP contribution in [0.25, 0.3) is 0 Å². The molecule has 1 aromatic rings. The summed E-state index contributed by atoms with van der Waals surface area (Å²) in [6, 6.07) is 3.97. The molecule has 0 fully saturated rings. The van der Waals surface area contributed by atoms with Gasteiger partial charge in [-0.2, -0.15) is 0 Å². The van der Waals surface area contributed by atoms with Crippen molar-refractivity contribution in [1.29, 1.82) is 0 Å². The topological polar surface area (TPSA) is 94.2 Å². The fourth-order valence-corrected chi connectivity index (χ4v) is 2.37. The van der Waals surface area contributed by atoms with E-state index in [0.717, 1.165) is 0 Å². The van der Waals surface area contributed by atoms with Crippen molar-refractivity contribution in [1.82, 2.24) is 0 Å². The van der Waals surface area contributed by atoms with Gasteiger partial charge in [0.05, 0.1) is 12.8 Å². The van der Waals surface area contributed by atoms with E-state index < -0.39 is 23.7 Å². The first-order chi connectivity index (χ1) is 11.6. The first kappa shape index (κ1) is 18.6. The molecule has 0 radical (unpaired) electrons. The quantitative estimate of drug-likeness (QED) is 0.841. The van der Waals surface area contributed by atoms with Crippen molar-refractivity contribution in [3.05, 3.63) is 18.2 Å². The van der Waals surface area contributed by atoms with Crippen LogP contribution in [0.4, 0.5) is 16.2 Å². The van der Waals surface area contributed by atoms with E-state index in [4.69, 9.17) is 14.2 Å². The molecule has 1 heterocycles. The van der Waals surface area contributed by atoms with E-state index in [1.165, 1.54) is 12.0 Å². The zero-order valence-electron chi connectivity index (χ0n) is 14.9. The van der Waals surface area contributed by atoms with Crippen LogP contribution in [-0.4, -0.2) is 43.3 Å². The molecule has 8 heteroatoms. The van der Waals surface area contributed by atoms with Gasteiger partial charge in [-0.15, -0.1) is 0 Å². The molecule has 0 spiro atoms. The van der Waals surface area contributed by atoms with E-state index >= 15 is 0 Å². The van der Waals surface area contributed by atoms with Crippen LogP contribution in [0.1, 0.15) is 27.7 Å². The Bertz CT molecular complexity index is 695. The van der Waals surface area contributed by atoms with Crippen molar-refractivity contribution in [3.63, 3.8) is 0 Å². The fraction of sp³-hybridized carbons (Fsp3) is 0.471. The molecule has 1 aliphatic rings. The smallest absolute Gasteiger partial charge is 0.412 e. The predicted molar refractivity (Wildman–Crippen MR) is 90.8 cm³/mol. The van der Waals surface area contributed by atoms with E-state index in [2.05, 4.69) is 5.32 Å². The Morgan fingerprint density at radius 3 is 2.60 bits per heavy atom. The second-order valence-corrected chi connectivity index (χ2v) is 6.56. The lowest BCUT2D eigenvalue weighted by Gasteiger charge is -2.33. The molecule has 1 aromatic carbocycles. The number of ether oxygens (including phenoxy) is 3. The van der Waals surface area contributed by atoms with Gasteiger partial charge < -0.3 is 14.2 Å². The summed E-state index contributed by atoms with van der Waals surface area (Å²) in [4.78, 5) is 37.3.